The van der Waals surface area contributed by atoms with Crippen LogP contribution < -0.4 is 34.7 Å². The van der Waals surface area contributed by atoms with E-state index in [4.69, 9.17) is 19.6 Å². The first-order chi connectivity index (χ1) is 16.4. The Hall–Kier alpha value is -2.97. The number of carboxylic acid groups (broad SMARTS) is 2. The molecule has 0 saturated carbocycles. The van der Waals surface area contributed by atoms with Crippen LogP contribution in [0.4, 0.5) is 10.5 Å². The van der Waals surface area contributed by atoms with E-state index in [0.717, 1.165) is 41.4 Å². The molecule has 0 unspecified atom stereocenters. The molecule has 5 rings (SSSR count). The van der Waals surface area contributed by atoms with E-state index in [2.05, 4.69) is 24.3 Å². The quantitative estimate of drug-likeness (QED) is 0.440. The molecule has 2 heterocycles. The SMILES string of the molecule is CC(=O)[O-].O=C(O)N1C[C@H]2C[C@@H]1[C@H](c1ccc(N=C(c3ccccc3)c3ccccc3)cc1)O2.[Na+]. The van der Waals surface area contributed by atoms with Gasteiger partial charge in [0, 0.05) is 17.1 Å². The Morgan fingerprint density at radius 1 is 0.943 bits per heavy atom. The van der Waals surface area contributed by atoms with E-state index in [1.54, 1.807) is 0 Å². The monoisotopic (exact) mass is 480 g/mol. The molecule has 2 fully saturated rings. The number of aliphatic imine (C=N–C) groups is 1. The van der Waals surface area contributed by atoms with Crippen LogP contribution in [0.5, 0.6) is 0 Å². The van der Waals surface area contributed by atoms with E-state index < -0.39 is 12.1 Å². The summed E-state index contributed by atoms with van der Waals surface area (Å²) in [5, 5.41) is 18.3. The molecule has 0 aliphatic carbocycles. The molecule has 35 heavy (non-hydrogen) atoms. The maximum Gasteiger partial charge on any atom is 1.00 e. The van der Waals surface area contributed by atoms with Crippen molar-refractivity contribution in [2.75, 3.05) is 6.54 Å². The molecule has 2 saturated heterocycles. The average Bonchev–Trinajstić information content (AvgIpc) is 3.45. The largest absolute Gasteiger partial charge is 1.00 e. The standard InChI is InChI=1S/C25H22N2O3.C2H4O2.Na/c28-25(29)27-16-21-15-22(27)24(30-21)19-11-13-20(14-12-19)26-23(17-7-3-1-4-8-17)18-9-5-2-6-10-18;1-2(3)4;/h1-14,21-22,24H,15-16H2,(H,28,29);1H3,(H,3,4);/q;;+1/p-1/t21-,22-,24+;;/m1../s1. The number of aliphatic carboxylic acids is 1. The summed E-state index contributed by atoms with van der Waals surface area (Å²) in [4.78, 5) is 26.8. The summed E-state index contributed by atoms with van der Waals surface area (Å²) in [5.41, 5.74) is 4.87. The van der Waals surface area contributed by atoms with E-state index >= 15 is 0 Å². The number of ether oxygens (including phenoxy) is 1. The molecule has 7 nitrogen and oxygen atoms in total. The van der Waals surface area contributed by atoms with Gasteiger partial charge in [-0.3, -0.25) is 4.90 Å². The minimum absolute atomic E-state index is 0. The minimum atomic E-state index is -1.08. The van der Waals surface area contributed by atoms with Crippen LogP contribution in [0.15, 0.2) is 89.9 Å². The molecule has 1 N–H and O–H groups in total. The summed E-state index contributed by atoms with van der Waals surface area (Å²) < 4.78 is 6.05. The Bertz CT molecular complexity index is 1120. The first-order valence-electron chi connectivity index (χ1n) is 11.0. The number of fused-ring (bicyclic) bond motifs is 2. The third kappa shape index (κ3) is 6.58. The smallest absolute Gasteiger partial charge is 0.550 e. The molecule has 3 aromatic rings. The van der Waals surface area contributed by atoms with Crippen LogP contribution in [0.25, 0.3) is 0 Å². The maximum absolute atomic E-state index is 11.5. The van der Waals surface area contributed by atoms with Gasteiger partial charge in [-0.1, -0.05) is 72.8 Å². The third-order valence-electron chi connectivity index (χ3n) is 5.80. The van der Waals surface area contributed by atoms with E-state index in [1.165, 1.54) is 4.90 Å². The summed E-state index contributed by atoms with van der Waals surface area (Å²) in [6, 6.07) is 28.1. The van der Waals surface area contributed by atoms with Gasteiger partial charge in [0.2, 0.25) is 0 Å². The van der Waals surface area contributed by atoms with E-state index in [1.807, 2.05) is 60.7 Å². The van der Waals surface area contributed by atoms with Crippen molar-refractivity contribution in [1.82, 2.24) is 4.90 Å². The van der Waals surface area contributed by atoms with Gasteiger partial charge in [0.05, 0.1) is 30.1 Å². The first-order valence-corrected chi connectivity index (χ1v) is 11.0. The van der Waals surface area contributed by atoms with Gasteiger partial charge >= 0.3 is 35.7 Å². The summed E-state index contributed by atoms with van der Waals surface area (Å²) in [6.45, 7) is 1.44. The maximum atomic E-state index is 11.5. The predicted octanol–water partition coefficient (Wildman–Crippen LogP) is 0.808. The Morgan fingerprint density at radius 3 is 1.91 bits per heavy atom. The number of carbonyl (C=O) groups excluding carboxylic acids is 1. The van der Waals surface area contributed by atoms with Crippen LogP contribution >= 0.6 is 0 Å². The van der Waals surface area contributed by atoms with Gasteiger partial charge in [-0.25, -0.2) is 9.79 Å². The summed E-state index contributed by atoms with van der Waals surface area (Å²) in [5.74, 6) is -1.08. The van der Waals surface area contributed by atoms with Crippen LogP contribution in [-0.4, -0.2) is 46.5 Å². The summed E-state index contributed by atoms with van der Waals surface area (Å²) >= 11 is 0. The molecule has 3 aromatic carbocycles. The van der Waals surface area contributed by atoms with Gasteiger partial charge < -0.3 is 19.7 Å². The molecule has 0 aromatic heterocycles. The molecule has 2 aliphatic rings. The molecule has 2 bridgehead atoms. The van der Waals surface area contributed by atoms with Gasteiger partial charge in [-0.2, -0.15) is 0 Å². The van der Waals surface area contributed by atoms with Crippen LogP contribution in [0.2, 0.25) is 0 Å². The molecule has 1 amide bonds. The fraction of sp³-hybridized carbons (Fsp3) is 0.222. The van der Waals surface area contributed by atoms with Crippen molar-refractivity contribution >= 4 is 23.5 Å². The van der Waals surface area contributed by atoms with Gasteiger partial charge in [0.1, 0.15) is 6.10 Å². The van der Waals surface area contributed by atoms with Crippen molar-refractivity contribution in [1.29, 1.82) is 0 Å². The number of carboxylic acids is 1. The predicted molar refractivity (Wildman–Crippen MR) is 126 cm³/mol. The zero-order valence-electron chi connectivity index (χ0n) is 19.7. The van der Waals surface area contributed by atoms with Gasteiger partial charge in [-0.05, 0) is 31.0 Å². The number of morpholine rings is 1. The Labute approximate surface area is 226 Å². The fourth-order valence-corrected chi connectivity index (χ4v) is 4.39. The number of benzene rings is 3. The van der Waals surface area contributed by atoms with Crippen molar-refractivity contribution < 1.29 is 54.1 Å². The molecule has 0 radical (unpaired) electrons. The van der Waals surface area contributed by atoms with Crippen molar-refractivity contribution in [3.63, 3.8) is 0 Å². The molecule has 2 aliphatic heterocycles. The number of hydrogen-bond acceptors (Lipinski definition) is 5. The molecule has 8 heteroatoms. The third-order valence-corrected chi connectivity index (χ3v) is 5.80. The number of hydrogen-bond donors (Lipinski definition) is 1. The summed E-state index contributed by atoms with van der Waals surface area (Å²) in [7, 11) is 0. The zero-order chi connectivity index (χ0) is 24.1. The van der Waals surface area contributed by atoms with Crippen LogP contribution in [-0.2, 0) is 9.53 Å². The molecule has 0 spiro atoms. The zero-order valence-corrected chi connectivity index (χ0v) is 21.7. The van der Waals surface area contributed by atoms with Crippen molar-refractivity contribution in [3.05, 3.63) is 102 Å². The molecule has 3 atom stereocenters. The van der Waals surface area contributed by atoms with Crippen LogP contribution in [0.3, 0.4) is 0 Å². The van der Waals surface area contributed by atoms with E-state index in [-0.39, 0.29) is 47.8 Å². The van der Waals surface area contributed by atoms with Gasteiger partial charge in [0.15, 0.2) is 0 Å². The Balaban J connectivity index is 0.000000638. The normalized spacial score (nSPS) is 19.7. The second-order valence-corrected chi connectivity index (χ2v) is 8.19. The van der Waals surface area contributed by atoms with Crippen LogP contribution in [0.1, 0.15) is 36.1 Å². The van der Waals surface area contributed by atoms with Crippen molar-refractivity contribution in [2.24, 2.45) is 4.99 Å². The molecule has 174 valence electrons. The minimum Gasteiger partial charge on any atom is -0.550 e. The number of rotatable bonds is 4. The number of carbonyl (C=O) groups is 2. The van der Waals surface area contributed by atoms with Crippen LogP contribution in [0, 0.1) is 0 Å². The average molecular weight is 480 g/mol. The number of nitrogens with zero attached hydrogens (tertiary/aromatic N) is 2. The molecular weight excluding hydrogens is 455 g/mol. The fourth-order valence-electron chi connectivity index (χ4n) is 4.39. The second-order valence-electron chi connectivity index (χ2n) is 8.19. The molecular formula is C27H25N2NaO5. The van der Waals surface area contributed by atoms with Gasteiger partial charge in [-0.15, -0.1) is 0 Å². The first kappa shape index (κ1) is 26.6. The Morgan fingerprint density at radius 2 is 1.46 bits per heavy atom. The Kier molecular flexibility index (Phi) is 9.23. The van der Waals surface area contributed by atoms with Gasteiger partial charge in [0.25, 0.3) is 0 Å². The van der Waals surface area contributed by atoms with Crippen molar-refractivity contribution in [3.8, 4) is 0 Å². The topological polar surface area (TPSA) is 102 Å². The van der Waals surface area contributed by atoms with E-state index in [9.17, 15) is 9.90 Å². The number of likely N-dealkylation sites (tertiary alicyclic amines) is 1. The van der Waals surface area contributed by atoms with Crippen molar-refractivity contribution in [2.45, 2.75) is 31.6 Å². The van der Waals surface area contributed by atoms with E-state index in [0.29, 0.717) is 6.54 Å². The number of amides is 1. The summed E-state index contributed by atoms with van der Waals surface area (Å²) in [6.07, 6.45) is -0.312. The second kappa shape index (κ2) is 12.1.